The number of carboxylic acid groups (broad SMARTS) is 1. The molecule has 0 spiro atoms. The van der Waals surface area contributed by atoms with E-state index in [1.54, 1.807) is 25.1 Å². The lowest BCUT2D eigenvalue weighted by Crippen LogP contribution is -2.36. The number of rotatable bonds is 7. The van der Waals surface area contributed by atoms with E-state index in [0.29, 0.717) is 24.5 Å². The minimum absolute atomic E-state index is 0.115. The number of aromatic carboxylic acids is 1. The summed E-state index contributed by atoms with van der Waals surface area (Å²) in [5, 5.41) is 11.6. The molecule has 0 saturated heterocycles. The second-order valence-electron chi connectivity index (χ2n) is 4.28. The smallest absolute Gasteiger partial charge is 0.335 e. The number of hydrogen-bond acceptors (Lipinski definition) is 5. The molecule has 0 atom stereocenters. The quantitative estimate of drug-likeness (QED) is 0.486. The topological polar surface area (TPSA) is 105 Å². The minimum Gasteiger partial charge on any atom is -0.478 e. The molecule has 0 saturated carbocycles. The average Bonchev–Trinajstić information content (AvgIpc) is 2.38. The summed E-state index contributed by atoms with van der Waals surface area (Å²) in [7, 11) is 3.27. The number of carbonyl (C=O) groups is 2. The number of likely N-dealkylation sites (N-methyl/N-ethyl adjacent to an activating group) is 1. The molecule has 0 aliphatic heterocycles. The molecule has 0 aliphatic carbocycles. The molecule has 0 radical (unpaired) electrons. The van der Waals surface area contributed by atoms with Gasteiger partial charge in [0.1, 0.15) is 0 Å². The third kappa shape index (κ3) is 4.43. The summed E-state index contributed by atoms with van der Waals surface area (Å²) in [5.41, 5.74) is 6.84. The van der Waals surface area contributed by atoms with E-state index >= 15 is 0 Å². The van der Waals surface area contributed by atoms with Crippen LogP contribution in [-0.2, 0) is 9.53 Å². The molecule has 0 fully saturated rings. The van der Waals surface area contributed by atoms with Crippen molar-refractivity contribution < 1.29 is 19.4 Å². The fourth-order valence-electron chi connectivity index (χ4n) is 1.68. The maximum Gasteiger partial charge on any atom is 0.335 e. The van der Waals surface area contributed by atoms with Gasteiger partial charge in [-0.1, -0.05) is 0 Å². The van der Waals surface area contributed by atoms with E-state index in [9.17, 15) is 9.59 Å². The van der Waals surface area contributed by atoms with E-state index in [4.69, 9.17) is 15.6 Å². The highest BCUT2D eigenvalue weighted by Crippen LogP contribution is 2.23. The molecular weight excluding hydrogens is 262 g/mol. The van der Waals surface area contributed by atoms with Crippen molar-refractivity contribution >= 4 is 23.3 Å². The van der Waals surface area contributed by atoms with Crippen molar-refractivity contribution in [1.82, 2.24) is 5.32 Å². The maximum absolute atomic E-state index is 11.6. The van der Waals surface area contributed by atoms with Crippen LogP contribution in [0.1, 0.15) is 10.4 Å². The van der Waals surface area contributed by atoms with Crippen molar-refractivity contribution in [3.63, 3.8) is 0 Å². The zero-order valence-corrected chi connectivity index (χ0v) is 11.5. The summed E-state index contributed by atoms with van der Waals surface area (Å²) in [5.74, 6) is -1.20. The second-order valence-corrected chi connectivity index (χ2v) is 4.28. The summed E-state index contributed by atoms with van der Waals surface area (Å²) in [6.45, 7) is 1.02. The fraction of sp³-hybridized carbons (Fsp3) is 0.385. The van der Waals surface area contributed by atoms with Crippen molar-refractivity contribution in [2.24, 2.45) is 0 Å². The second kappa shape index (κ2) is 7.34. The summed E-state index contributed by atoms with van der Waals surface area (Å²) in [6.07, 6.45) is 0. The van der Waals surface area contributed by atoms with Crippen molar-refractivity contribution in [2.75, 3.05) is 44.5 Å². The normalized spacial score (nSPS) is 10.1. The minimum atomic E-state index is -1.04. The van der Waals surface area contributed by atoms with Crippen molar-refractivity contribution in [1.29, 1.82) is 0 Å². The van der Waals surface area contributed by atoms with E-state index in [1.165, 1.54) is 12.1 Å². The molecule has 0 aliphatic rings. The Labute approximate surface area is 117 Å². The Morgan fingerprint density at radius 3 is 2.70 bits per heavy atom. The predicted octanol–water partition coefficient (Wildman–Crippen LogP) is 0.166. The number of nitrogens with zero attached hydrogens (tertiary/aromatic N) is 1. The fourth-order valence-corrected chi connectivity index (χ4v) is 1.68. The van der Waals surface area contributed by atoms with Gasteiger partial charge >= 0.3 is 5.97 Å². The lowest BCUT2D eigenvalue weighted by Gasteiger charge is -2.20. The number of nitrogens with one attached hydrogen (secondary N) is 1. The van der Waals surface area contributed by atoms with Gasteiger partial charge in [0.05, 0.1) is 30.1 Å². The van der Waals surface area contributed by atoms with Crippen LogP contribution in [0.2, 0.25) is 0 Å². The van der Waals surface area contributed by atoms with Crippen LogP contribution in [0.5, 0.6) is 0 Å². The van der Waals surface area contributed by atoms with Crippen LogP contribution in [0, 0.1) is 0 Å². The Bertz CT molecular complexity index is 491. The molecule has 1 amide bonds. The van der Waals surface area contributed by atoms with Crippen LogP contribution in [-0.4, -0.2) is 50.8 Å². The molecule has 1 rings (SSSR count). The van der Waals surface area contributed by atoms with Gasteiger partial charge in [-0.3, -0.25) is 4.79 Å². The number of amides is 1. The highest BCUT2D eigenvalue weighted by molar-refractivity contribution is 5.91. The molecular formula is C13H19N3O4. The van der Waals surface area contributed by atoms with Gasteiger partial charge in [-0.25, -0.2) is 4.79 Å². The van der Waals surface area contributed by atoms with Gasteiger partial charge in [-0.05, 0) is 18.2 Å². The van der Waals surface area contributed by atoms with Crippen LogP contribution in [0.25, 0.3) is 0 Å². The lowest BCUT2D eigenvalue weighted by molar-refractivity contribution is -0.119. The summed E-state index contributed by atoms with van der Waals surface area (Å²) < 4.78 is 4.83. The third-order valence-corrected chi connectivity index (χ3v) is 2.69. The van der Waals surface area contributed by atoms with Gasteiger partial charge in [-0.2, -0.15) is 0 Å². The largest absolute Gasteiger partial charge is 0.478 e. The van der Waals surface area contributed by atoms with E-state index in [1.807, 2.05) is 0 Å². The highest BCUT2D eigenvalue weighted by atomic mass is 16.5. The maximum atomic E-state index is 11.6. The van der Waals surface area contributed by atoms with Gasteiger partial charge < -0.3 is 25.8 Å². The SMILES string of the molecule is COCCNC(=O)CN(C)c1ccc(C(=O)O)cc1N. The van der Waals surface area contributed by atoms with Gasteiger partial charge in [0, 0.05) is 20.7 Å². The van der Waals surface area contributed by atoms with Gasteiger partial charge in [0.15, 0.2) is 0 Å². The van der Waals surface area contributed by atoms with Crippen molar-refractivity contribution in [3.8, 4) is 0 Å². The number of nitrogens with two attached hydrogens (primary N) is 1. The predicted molar refractivity (Wildman–Crippen MR) is 76.0 cm³/mol. The first-order valence-corrected chi connectivity index (χ1v) is 6.05. The van der Waals surface area contributed by atoms with Crippen LogP contribution in [0.4, 0.5) is 11.4 Å². The number of ether oxygens (including phenoxy) is 1. The van der Waals surface area contributed by atoms with Gasteiger partial charge in [0.25, 0.3) is 0 Å². The third-order valence-electron chi connectivity index (χ3n) is 2.69. The van der Waals surface area contributed by atoms with Crippen LogP contribution in [0.15, 0.2) is 18.2 Å². The summed E-state index contributed by atoms with van der Waals surface area (Å²) in [6, 6.07) is 4.41. The first kappa shape index (κ1) is 15.8. The molecule has 7 nitrogen and oxygen atoms in total. The number of hydrogen-bond donors (Lipinski definition) is 3. The number of anilines is 2. The summed E-state index contributed by atoms with van der Waals surface area (Å²) >= 11 is 0. The molecule has 1 aromatic carbocycles. The number of carbonyl (C=O) groups excluding carboxylic acids is 1. The van der Waals surface area contributed by atoms with Gasteiger partial charge in [0.2, 0.25) is 5.91 Å². The van der Waals surface area contributed by atoms with E-state index in [0.717, 1.165) is 0 Å². The number of methoxy groups -OCH3 is 1. The Kier molecular flexibility index (Phi) is 5.79. The molecule has 4 N–H and O–H groups in total. The van der Waals surface area contributed by atoms with Crippen molar-refractivity contribution in [3.05, 3.63) is 23.8 Å². The zero-order valence-electron chi connectivity index (χ0n) is 11.5. The lowest BCUT2D eigenvalue weighted by atomic mass is 10.1. The number of nitrogen functional groups attached to an aromatic ring is 1. The highest BCUT2D eigenvalue weighted by Gasteiger charge is 2.12. The van der Waals surface area contributed by atoms with E-state index < -0.39 is 5.97 Å². The average molecular weight is 281 g/mol. The van der Waals surface area contributed by atoms with Crippen LogP contribution in [0.3, 0.4) is 0 Å². The Morgan fingerprint density at radius 1 is 1.45 bits per heavy atom. The van der Waals surface area contributed by atoms with E-state index in [2.05, 4.69) is 5.32 Å². The molecule has 20 heavy (non-hydrogen) atoms. The standard InChI is InChI=1S/C13H19N3O4/c1-16(8-12(17)15-5-6-20-2)11-4-3-9(13(18)19)7-10(11)14/h3-4,7H,5-6,8,14H2,1-2H3,(H,15,17)(H,18,19). The molecule has 0 aromatic heterocycles. The first-order valence-electron chi connectivity index (χ1n) is 6.05. The van der Waals surface area contributed by atoms with Gasteiger partial charge in [-0.15, -0.1) is 0 Å². The Hall–Kier alpha value is -2.28. The molecule has 1 aromatic rings. The van der Waals surface area contributed by atoms with E-state index in [-0.39, 0.29) is 18.0 Å². The monoisotopic (exact) mass is 281 g/mol. The molecule has 0 heterocycles. The Balaban J connectivity index is 2.65. The van der Waals surface area contributed by atoms with Crippen LogP contribution < -0.4 is 16.0 Å². The Morgan fingerprint density at radius 2 is 2.15 bits per heavy atom. The molecule has 0 bridgehead atoms. The molecule has 0 unspecified atom stereocenters. The summed E-state index contributed by atoms with van der Waals surface area (Å²) in [4.78, 5) is 24.1. The molecule has 110 valence electrons. The van der Waals surface area contributed by atoms with Crippen molar-refractivity contribution in [2.45, 2.75) is 0 Å². The zero-order chi connectivity index (χ0) is 15.1. The van der Waals surface area contributed by atoms with Crippen LogP contribution >= 0.6 is 0 Å². The first-order chi connectivity index (χ1) is 9.45. The number of carboxylic acids is 1. The number of benzene rings is 1. The molecule has 7 heteroatoms.